The smallest absolute Gasteiger partial charge is 0.227 e. The fourth-order valence-corrected chi connectivity index (χ4v) is 2.58. The number of nitrogens with two attached hydrogens (primary N) is 1. The van der Waals surface area contributed by atoms with Crippen molar-refractivity contribution in [1.82, 2.24) is 4.90 Å². The molecule has 2 rings (SSSR count). The largest absolute Gasteiger partial charge is 0.398 e. The molecule has 0 spiro atoms. The highest BCUT2D eigenvalue weighted by molar-refractivity contribution is 5.80. The van der Waals surface area contributed by atoms with E-state index in [9.17, 15) is 4.79 Å². The van der Waals surface area contributed by atoms with E-state index in [1.807, 2.05) is 30.0 Å². The molecule has 1 atom stereocenters. The van der Waals surface area contributed by atoms with E-state index in [2.05, 4.69) is 6.92 Å². The molecule has 1 aliphatic rings. The van der Waals surface area contributed by atoms with Crippen molar-refractivity contribution in [1.29, 1.82) is 0 Å². The number of carbonyl (C=O) groups is 1. The Bertz CT molecular complexity index is 442. The molecule has 0 unspecified atom stereocenters. The first-order valence-electron chi connectivity index (χ1n) is 6.69. The van der Waals surface area contributed by atoms with E-state index in [0.717, 1.165) is 36.3 Å². The molecular weight excluding hydrogens is 224 g/mol. The fraction of sp³-hybridized carbons (Fsp3) is 0.533. The van der Waals surface area contributed by atoms with E-state index in [1.165, 1.54) is 6.42 Å². The van der Waals surface area contributed by atoms with Gasteiger partial charge in [-0.15, -0.1) is 0 Å². The molecule has 98 valence electrons. The maximum Gasteiger partial charge on any atom is 0.227 e. The van der Waals surface area contributed by atoms with Crippen LogP contribution in [0.2, 0.25) is 0 Å². The number of nitrogen functional groups attached to an aromatic ring is 1. The molecular formula is C15H22N2O. The van der Waals surface area contributed by atoms with Crippen LogP contribution in [0, 0.1) is 12.8 Å². The van der Waals surface area contributed by atoms with Gasteiger partial charge in [0.15, 0.2) is 0 Å². The quantitative estimate of drug-likeness (QED) is 0.814. The summed E-state index contributed by atoms with van der Waals surface area (Å²) in [5.74, 6) is 0.830. The number of likely N-dealkylation sites (tertiary alicyclic amines) is 1. The topological polar surface area (TPSA) is 46.3 Å². The summed E-state index contributed by atoms with van der Waals surface area (Å²) in [7, 11) is 0. The van der Waals surface area contributed by atoms with Crippen molar-refractivity contribution in [2.45, 2.75) is 33.1 Å². The molecule has 1 aromatic carbocycles. The van der Waals surface area contributed by atoms with Crippen LogP contribution in [0.1, 0.15) is 30.9 Å². The molecule has 0 saturated carbocycles. The van der Waals surface area contributed by atoms with Crippen LogP contribution < -0.4 is 5.73 Å². The van der Waals surface area contributed by atoms with Gasteiger partial charge in [-0.25, -0.2) is 0 Å². The lowest BCUT2D eigenvalue weighted by molar-refractivity contribution is -0.132. The Morgan fingerprint density at radius 2 is 2.28 bits per heavy atom. The van der Waals surface area contributed by atoms with Gasteiger partial charge in [0.2, 0.25) is 5.91 Å². The molecule has 1 saturated heterocycles. The second-order valence-corrected chi connectivity index (χ2v) is 5.47. The van der Waals surface area contributed by atoms with Crippen molar-refractivity contribution in [3.05, 3.63) is 29.3 Å². The molecule has 0 aliphatic carbocycles. The van der Waals surface area contributed by atoms with Gasteiger partial charge in [-0.2, -0.15) is 0 Å². The summed E-state index contributed by atoms with van der Waals surface area (Å²) < 4.78 is 0. The third kappa shape index (κ3) is 3.03. The number of hydrogen-bond donors (Lipinski definition) is 1. The molecule has 0 aromatic heterocycles. The maximum atomic E-state index is 12.2. The Labute approximate surface area is 109 Å². The first kappa shape index (κ1) is 12.9. The highest BCUT2D eigenvalue weighted by Gasteiger charge is 2.21. The van der Waals surface area contributed by atoms with E-state index in [4.69, 9.17) is 5.73 Å². The summed E-state index contributed by atoms with van der Waals surface area (Å²) in [6.07, 6.45) is 2.78. The number of amides is 1. The predicted octanol–water partition coefficient (Wildman–Crippen LogP) is 2.38. The first-order chi connectivity index (χ1) is 8.56. The molecule has 0 radical (unpaired) electrons. The van der Waals surface area contributed by atoms with Gasteiger partial charge in [0, 0.05) is 18.8 Å². The lowest BCUT2D eigenvalue weighted by Crippen LogP contribution is -2.40. The first-order valence-corrected chi connectivity index (χ1v) is 6.69. The zero-order chi connectivity index (χ0) is 13.1. The summed E-state index contributed by atoms with van der Waals surface area (Å²) >= 11 is 0. The molecule has 1 fully saturated rings. The average Bonchev–Trinajstić information content (AvgIpc) is 2.34. The number of carbonyl (C=O) groups excluding carboxylic acids is 1. The molecule has 1 amide bonds. The summed E-state index contributed by atoms with van der Waals surface area (Å²) in [6.45, 7) is 6.02. The molecule has 0 bridgehead atoms. The third-order valence-electron chi connectivity index (χ3n) is 3.65. The second-order valence-electron chi connectivity index (χ2n) is 5.47. The monoisotopic (exact) mass is 246 g/mol. The molecule has 18 heavy (non-hydrogen) atoms. The van der Waals surface area contributed by atoms with E-state index in [1.54, 1.807) is 0 Å². The number of piperidine rings is 1. The zero-order valence-electron chi connectivity index (χ0n) is 11.3. The summed E-state index contributed by atoms with van der Waals surface area (Å²) in [5, 5.41) is 0. The number of rotatable bonds is 2. The summed E-state index contributed by atoms with van der Waals surface area (Å²) in [6, 6.07) is 5.88. The van der Waals surface area contributed by atoms with Crippen LogP contribution in [0.5, 0.6) is 0 Å². The normalized spacial score (nSPS) is 19.9. The third-order valence-corrected chi connectivity index (χ3v) is 3.65. The van der Waals surface area contributed by atoms with Gasteiger partial charge in [-0.1, -0.05) is 24.6 Å². The lowest BCUT2D eigenvalue weighted by Gasteiger charge is -2.31. The molecule has 1 aromatic rings. The summed E-state index contributed by atoms with van der Waals surface area (Å²) in [4.78, 5) is 14.2. The standard InChI is InChI=1S/C15H22N2O/c1-11-5-6-14(16)13(8-11)9-15(18)17-7-3-4-12(2)10-17/h5-6,8,12H,3-4,7,9-10,16H2,1-2H3/t12-/m1/s1. The van der Waals surface area contributed by atoms with Crippen LogP contribution in [0.25, 0.3) is 0 Å². The molecule has 3 nitrogen and oxygen atoms in total. The van der Waals surface area contributed by atoms with Crippen LogP contribution in [-0.4, -0.2) is 23.9 Å². The number of benzene rings is 1. The minimum absolute atomic E-state index is 0.207. The van der Waals surface area contributed by atoms with E-state index in [0.29, 0.717) is 12.3 Å². The summed E-state index contributed by atoms with van der Waals surface area (Å²) in [5.41, 5.74) is 8.75. The zero-order valence-corrected chi connectivity index (χ0v) is 11.3. The van der Waals surface area contributed by atoms with Crippen molar-refractivity contribution >= 4 is 11.6 Å². The van der Waals surface area contributed by atoms with E-state index >= 15 is 0 Å². The van der Waals surface area contributed by atoms with Gasteiger partial charge >= 0.3 is 0 Å². The Morgan fingerprint density at radius 3 is 3.00 bits per heavy atom. The van der Waals surface area contributed by atoms with Gasteiger partial charge in [-0.3, -0.25) is 4.79 Å². The van der Waals surface area contributed by atoms with Crippen LogP contribution in [-0.2, 0) is 11.2 Å². The predicted molar refractivity (Wildman–Crippen MR) is 74.3 cm³/mol. The van der Waals surface area contributed by atoms with Crippen molar-refractivity contribution in [3.8, 4) is 0 Å². The van der Waals surface area contributed by atoms with Gasteiger partial charge in [0.05, 0.1) is 6.42 Å². The second kappa shape index (κ2) is 5.42. The number of anilines is 1. The Morgan fingerprint density at radius 1 is 1.50 bits per heavy atom. The van der Waals surface area contributed by atoms with Crippen molar-refractivity contribution in [3.63, 3.8) is 0 Å². The highest BCUT2D eigenvalue weighted by Crippen LogP contribution is 2.19. The molecule has 1 aliphatic heterocycles. The van der Waals surface area contributed by atoms with Crippen molar-refractivity contribution in [2.75, 3.05) is 18.8 Å². The maximum absolute atomic E-state index is 12.2. The van der Waals surface area contributed by atoms with Crippen LogP contribution in [0.3, 0.4) is 0 Å². The minimum Gasteiger partial charge on any atom is -0.398 e. The Balaban J connectivity index is 2.04. The van der Waals surface area contributed by atoms with Gasteiger partial charge in [-0.05, 0) is 37.3 Å². The molecule has 1 heterocycles. The molecule has 3 heteroatoms. The lowest BCUT2D eigenvalue weighted by atomic mass is 9.99. The highest BCUT2D eigenvalue weighted by atomic mass is 16.2. The number of aryl methyl sites for hydroxylation is 1. The van der Waals surface area contributed by atoms with Crippen molar-refractivity contribution < 1.29 is 4.79 Å². The fourth-order valence-electron chi connectivity index (χ4n) is 2.58. The minimum atomic E-state index is 0.207. The van der Waals surface area contributed by atoms with Crippen LogP contribution >= 0.6 is 0 Å². The Kier molecular flexibility index (Phi) is 3.90. The van der Waals surface area contributed by atoms with E-state index in [-0.39, 0.29) is 5.91 Å². The average molecular weight is 246 g/mol. The number of hydrogen-bond acceptors (Lipinski definition) is 2. The van der Waals surface area contributed by atoms with Crippen LogP contribution in [0.15, 0.2) is 18.2 Å². The van der Waals surface area contributed by atoms with Gasteiger partial charge < -0.3 is 10.6 Å². The van der Waals surface area contributed by atoms with Crippen molar-refractivity contribution in [2.24, 2.45) is 5.92 Å². The van der Waals surface area contributed by atoms with Gasteiger partial charge in [0.25, 0.3) is 0 Å². The Hall–Kier alpha value is -1.51. The van der Waals surface area contributed by atoms with Gasteiger partial charge in [0.1, 0.15) is 0 Å². The molecule has 2 N–H and O–H groups in total. The SMILES string of the molecule is Cc1ccc(N)c(CC(=O)N2CCC[C@@H](C)C2)c1. The number of nitrogens with zero attached hydrogens (tertiary/aromatic N) is 1. The van der Waals surface area contributed by atoms with Crippen LogP contribution in [0.4, 0.5) is 5.69 Å². The van der Waals surface area contributed by atoms with E-state index < -0.39 is 0 Å².